The van der Waals surface area contributed by atoms with Crippen LogP contribution in [0, 0.1) is 10.8 Å². The van der Waals surface area contributed by atoms with Crippen molar-refractivity contribution in [1.29, 1.82) is 0 Å². The van der Waals surface area contributed by atoms with E-state index in [0.717, 1.165) is 12.1 Å². The van der Waals surface area contributed by atoms with Crippen molar-refractivity contribution in [2.45, 2.75) is 113 Å². The molecule has 2 aromatic carbocycles. The maximum atomic E-state index is 12.1. The van der Waals surface area contributed by atoms with E-state index in [-0.39, 0.29) is 61.5 Å². The van der Waals surface area contributed by atoms with Crippen molar-refractivity contribution in [3.05, 3.63) is 71.8 Å². The van der Waals surface area contributed by atoms with Gasteiger partial charge in [0, 0.05) is 63.7 Å². The average molecular weight is 795 g/mol. The van der Waals surface area contributed by atoms with Gasteiger partial charge in [0.25, 0.3) is 0 Å². The molecule has 0 spiro atoms. The molecule has 0 unspecified atom stereocenters. The molecule has 14 heteroatoms. The van der Waals surface area contributed by atoms with Gasteiger partial charge < -0.3 is 23.1 Å². The van der Waals surface area contributed by atoms with Crippen LogP contribution >= 0.6 is 0 Å². The minimum absolute atomic E-state index is 0. The maximum absolute atomic E-state index is 12.1. The maximum Gasteiger partial charge on any atom is 0.394 e. The zero-order valence-electron chi connectivity index (χ0n) is 36.6. The van der Waals surface area contributed by atoms with Gasteiger partial charge in [-0.3, -0.25) is 24.2 Å². The van der Waals surface area contributed by atoms with Crippen LogP contribution in [0.15, 0.2) is 60.7 Å². The summed E-state index contributed by atoms with van der Waals surface area (Å²) in [6.45, 7) is 27.2. The number of nitrogens with zero attached hydrogens (tertiary/aromatic N) is 2. The predicted octanol–water partition coefficient (Wildman–Crippen LogP) is 5.43. The van der Waals surface area contributed by atoms with E-state index in [1.54, 1.807) is 20.8 Å². The summed E-state index contributed by atoms with van der Waals surface area (Å²) in [5, 5.41) is 9.39. The van der Waals surface area contributed by atoms with E-state index >= 15 is 0 Å². The Morgan fingerprint density at radius 3 is 1.21 bits per heavy atom. The van der Waals surface area contributed by atoms with Crippen molar-refractivity contribution in [3.8, 4) is 0 Å². The summed E-state index contributed by atoms with van der Waals surface area (Å²) in [4.78, 5) is 50.4. The zero-order valence-corrected chi connectivity index (χ0v) is 38.0. The number of hydrogen-bond donors (Lipinski definition) is 1. The van der Waals surface area contributed by atoms with Gasteiger partial charge in [-0.2, -0.15) is 0 Å². The van der Waals surface area contributed by atoms with Crippen LogP contribution in [0.3, 0.4) is 0 Å². The molecule has 0 aromatic heterocycles. The number of ether oxygens (including phenoxy) is 3. The van der Waals surface area contributed by atoms with Gasteiger partial charge in [-0.1, -0.05) is 60.7 Å². The van der Waals surface area contributed by atoms with Crippen molar-refractivity contribution >= 4 is 53.4 Å². The molecule has 4 rings (SSSR count). The molecular weight excluding hydrogens is 726 g/mol. The second kappa shape index (κ2) is 25.3. The minimum atomic E-state index is -1.15. The molecule has 0 amide bonds. The second-order valence-electron chi connectivity index (χ2n) is 16.6. The molecule has 0 aliphatic carbocycles. The average Bonchev–Trinajstić information content (AvgIpc) is 3.08. The van der Waals surface area contributed by atoms with E-state index in [9.17, 15) is 19.5 Å². The van der Waals surface area contributed by atoms with Crippen molar-refractivity contribution in [1.82, 2.24) is 9.80 Å². The molecule has 2 aliphatic rings. The topological polar surface area (TPSA) is 133 Å². The molecule has 0 saturated carbocycles. The summed E-state index contributed by atoms with van der Waals surface area (Å²) in [5.41, 5.74) is 0.136. The van der Waals surface area contributed by atoms with Crippen LogP contribution < -0.4 is 0 Å². The third kappa shape index (κ3) is 19.9. The fourth-order valence-corrected chi connectivity index (χ4v) is 5.14. The molecule has 1 N–H and O–H groups in total. The first kappa shape index (κ1) is 53.7. The Morgan fingerprint density at radius 2 is 0.929 bits per heavy atom. The largest absolute Gasteiger partial charge is 0.506 e. The molecule has 2 heterocycles. The number of rotatable bonds is 12. The van der Waals surface area contributed by atoms with Crippen molar-refractivity contribution in [2.75, 3.05) is 52.6 Å². The van der Waals surface area contributed by atoms with Crippen LogP contribution in [0.1, 0.15) is 94.2 Å². The summed E-state index contributed by atoms with van der Waals surface area (Å²) in [6, 6.07) is 20.0. The number of carbonyl (C=O) groups is 3. The Morgan fingerprint density at radius 1 is 0.607 bits per heavy atom. The van der Waals surface area contributed by atoms with E-state index in [4.69, 9.17) is 27.8 Å². The van der Waals surface area contributed by atoms with Gasteiger partial charge in [-0.05, 0) is 94.2 Å². The van der Waals surface area contributed by atoms with Crippen LogP contribution in [0.4, 0.5) is 0 Å². The molecule has 2 aromatic rings. The Labute approximate surface area is 357 Å². The van der Waals surface area contributed by atoms with Gasteiger partial charge in [0.05, 0.1) is 37.6 Å². The standard InChI is InChI=1S/C16H21NO4.C14H19NO3.C8H18O2.C4H9O.Al.Li.H/c1-3-20-14(18)16(15(19)21-4-2)11-17(12-16)10-13-8-6-5-7-9-13;1-2-18-13(17)14(11-16)9-15(10-14)8-12-6-4-3-5-7-12;1-7(2,3)9-10-8(4,5)6;1-4(2,3)5;;;/h5-9H,3-4,10-12H2,1-2H3;3-7,16H,2,8-11H2,1H3;1-6H3;1-3H3;;;/q;;;-1;+1;;. The minimum Gasteiger partial charge on any atom is -0.506 e. The van der Waals surface area contributed by atoms with E-state index in [2.05, 4.69) is 17.0 Å². The van der Waals surface area contributed by atoms with Crippen LogP contribution in [-0.4, -0.2) is 138 Å². The summed E-state index contributed by atoms with van der Waals surface area (Å²) in [7, 11) is 0. The molecule has 0 bridgehead atoms. The molecule has 56 heavy (non-hydrogen) atoms. The number of likely N-dealkylation sites (tertiary alicyclic amines) is 2. The number of aliphatic hydroxyl groups is 1. The molecular formula is C42H68AlLiN2O10. The Bertz CT molecular complexity index is 1370. The predicted molar refractivity (Wildman–Crippen MR) is 221 cm³/mol. The number of benzene rings is 2. The number of esters is 3. The summed E-state index contributed by atoms with van der Waals surface area (Å²) < 4.78 is 20.1. The zero-order chi connectivity index (χ0) is 41.9. The molecule has 2 fully saturated rings. The third-order valence-corrected chi connectivity index (χ3v) is 8.72. The van der Waals surface area contributed by atoms with Crippen molar-refractivity contribution in [2.24, 2.45) is 10.8 Å². The fourth-order valence-electron chi connectivity index (χ4n) is 5.14. The quantitative estimate of drug-likeness (QED) is 0.0735. The first-order valence-electron chi connectivity index (χ1n) is 19.0. The summed E-state index contributed by atoms with van der Waals surface area (Å²) in [5.74, 6) is -1.24. The number of aliphatic hydroxyl groups excluding tert-OH is 1. The molecule has 2 saturated heterocycles. The first-order valence-corrected chi connectivity index (χ1v) is 19.6. The van der Waals surface area contributed by atoms with Gasteiger partial charge in [0.15, 0.2) is 5.41 Å². The molecule has 310 valence electrons. The normalized spacial score (nSPS) is 15.9. The van der Waals surface area contributed by atoms with Gasteiger partial charge in [-0.15, -0.1) is 0 Å². The van der Waals surface area contributed by atoms with Gasteiger partial charge >= 0.3 is 34.5 Å². The fraction of sp³-hybridized carbons (Fsp3) is 0.643. The van der Waals surface area contributed by atoms with Crippen LogP contribution in [0.2, 0.25) is 0 Å². The van der Waals surface area contributed by atoms with E-state index in [0.29, 0.717) is 39.3 Å². The molecule has 0 atom stereocenters. The second-order valence-corrected chi connectivity index (χ2v) is 16.9. The van der Waals surface area contributed by atoms with Crippen LogP contribution in [-0.2, 0) is 55.2 Å². The van der Waals surface area contributed by atoms with E-state index < -0.39 is 22.8 Å². The number of carbonyl (C=O) groups excluding carboxylic acids is 3. The first-order chi connectivity index (χ1) is 25.6. The third-order valence-electron chi connectivity index (χ3n) is 7.86. The van der Waals surface area contributed by atoms with Gasteiger partial charge in [-0.25, -0.2) is 9.78 Å². The van der Waals surface area contributed by atoms with E-state index in [1.807, 2.05) is 116 Å². The molecule has 2 aliphatic heterocycles. The van der Waals surface area contributed by atoms with Crippen LogP contribution in [0.5, 0.6) is 0 Å². The van der Waals surface area contributed by atoms with Crippen molar-refractivity contribution in [3.63, 3.8) is 0 Å². The Hall–Kier alpha value is -2.26. The Kier molecular flexibility index (Phi) is 24.3. The van der Waals surface area contributed by atoms with Crippen molar-refractivity contribution < 1.29 is 47.3 Å². The van der Waals surface area contributed by atoms with Gasteiger partial charge in [0.2, 0.25) is 0 Å². The smallest absolute Gasteiger partial charge is 0.394 e. The molecule has 12 nitrogen and oxygen atoms in total. The molecule has 2 radical (unpaired) electrons. The Balaban J connectivity index is 0.000000783. The van der Waals surface area contributed by atoms with E-state index in [1.165, 1.54) is 22.2 Å². The number of hydrogen-bond acceptors (Lipinski definition) is 12. The summed E-state index contributed by atoms with van der Waals surface area (Å²) in [6.07, 6.45) is 0. The summed E-state index contributed by atoms with van der Waals surface area (Å²) >= 11 is 1.54. The monoisotopic (exact) mass is 794 g/mol. The van der Waals surface area contributed by atoms with Crippen LogP contribution in [0.25, 0.3) is 0 Å². The van der Waals surface area contributed by atoms with Gasteiger partial charge in [0.1, 0.15) is 5.41 Å². The SMILES string of the molecule is CC(C)(C)OOC(C)(C)C.CC(C)(C)[O][AlH].CCOC(=O)C1(C(=O)OCC)CN(Cc2ccccc2)C1.CCOC(=O)C1(CO)CN(Cc2ccccc2)C1.[Li].